The summed E-state index contributed by atoms with van der Waals surface area (Å²) in [5.41, 5.74) is -1.04. The van der Waals surface area contributed by atoms with Crippen molar-refractivity contribution in [1.29, 1.82) is 0 Å². The lowest BCUT2D eigenvalue weighted by Crippen LogP contribution is -2.38. The molecule has 1 aromatic rings. The molecule has 0 bridgehead atoms. The molecular weight excluding hydrogens is 375 g/mol. The molecule has 1 fully saturated rings. The van der Waals surface area contributed by atoms with Gasteiger partial charge in [0.25, 0.3) is 0 Å². The molecule has 1 aromatic carbocycles. The van der Waals surface area contributed by atoms with Crippen LogP contribution in [0.4, 0.5) is 13.2 Å². The third-order valence-electron chi connectivity index (χ3n) is 3.16. The van der Waals surface area contributed by atoms with Crippen LogP contribution in [0.1, 0.15) is 18.4 Å². The number of nitrogens with zero attached hydrogens (tertiary/aromatic N) is 1. The Bertz CT molecular complexity index is 663. The average Bonchev–Trinajstić information content (AvgIpc) is 2.38. The standard InChI is InChI=1S/C12H11BrF3NO3S/c13-11-2-1-9(7-10(11)12(14,15)16)21(19,20)17-5-3-8(18)4-6-17/h1-2,7H,3-6H2. The van der Waals surface area contributed by atoms with Crippen LogP contribution >= 0.6 is 15.9 Å². The molecule has 21 heavy (non-hydrogen) atoms. The van der Waals surface area contributed by atoms with Crippen LogP contribution in [0.15, 0.2) is 27.6 Å². The third-order valence-corrected chi connectivity index (χ3v) is 5.75. The Balaban J connectivity index is 2.39. The summed E-state index contributed by atoms with van der Waals surface area (Å²) in [7, 11) is -4.02. The fraction of sp³-hybridized carbons (Fsp3) is 0.417. The van der Waals surface area contributed by atoms with Gasteiger partial charge in [-0.1, -0.05) is 15.9 Å². The highest BCUT2D eigenvalue weighted by Gasteiger charge is 2.35. The van der Waals surface area contributed by atoms with Crippen molar-refractivity contribution in [3.8, 4) is 0 Å². The Morgan fingerprint density at radius 2 is 1.71 bits per heavy atom. The minimum absolute atomic E-state index is 0.00141. The molecule has 0 N–H and O–H groups in total. The van der Waals surface area contributed by atoms with Crippen molar-refractivity contribution in [3.05, 3.63) is 28.2 Å². The minimum atomic E-state index is -4.65. The van der Waals surface area contributed by atoms with Crippen LogP contribution in [0.5, 0.6) is 0 Å². The van der Waals surface area contributed by atoms with Gasteiger partial charge < -0.3 is 0 Å². The Hall–Kier alpha value is -0.930. The van der Waals surface area contributed by atoms with Gasteiger partial charge in [0.2, 0.25) is 10.0 Å². The van der Waals surface area contributed by atoms with Crippen molar-refractivity contribution in [1.82, 2.24) is 4.31 Å². The molecule has 0 spiro atoms. The average molecular weight is 386 g/mol. The van der Waals surface area contributed by atoms with Gasteiger partial charge >= 0.3 is 6.18 Å². The number of carbonyl (C=O) groups excluding carboxylic acids is 1. The van der Waals surface area contributed by atoms with Crippen molar-refractivity contribution in [2.24, 2.45) is 0 Å². The van der Waals surface area contributed by atoms with Crippen LogP contribution in [-0.2, 0) is 21.0 Å². The number of alkyl halides is 3. The van der Waals surface area contributed by atoms with E-state index in [1.54, 1.807) is 0 Å². The van der Waals surface area contributed by atoms with Gasteiger partial charge in [0.05, 0.1) is 10.5 Å². The molecule has 1 aliphatic rings. The van der Waals surface area contributed by atoms with Crippen molar-refractivity contribution in [2.45, 2.75) is 23.9 Å². The summed E-state index contributed by atoms with van der Waals surface area (Å²) >= 11 is 2.76. The molecule has 0 saturated carbocycles. The maximum absolute atomic E-state index is 12.8. The van der Waals surface area contributed by atoms with Crippen LogP contribution in [0.25, 0.3) is 0 Å². The number of hydrogen-bond acceptors (Lipinski definition) is 3. The molecule has 1 saturated heterocycles. The Morgan fingerprint density at radius 1 is 1.14 bits per heavy atom. The Labute approximate surface area is 128 Å². The predicted octanol–water partition coefficient (Wildman–Crippen LogP) is 2.82. The van der Waals surface area contributed by atoms with Crippen molar-refractivity contribution in [2.75, 3.05) is 13.1 Å². The smallest absolute Gasteiger partial charge is 0.300 e. The molecule has 0 amide bonds. The van der Waals surface area contributed by atoms with Crippen LogP contribution in [-0.4, -0.2) is 31.6 Å². The van der Waals surface area contributed by atoms with Crippen molar-refractivity contribution in [3.63, 3.8) is 0 Å². The largest absolute Gasteiger partial charge is 0.417 e. The van der Waals surface area contributed by atoms with E-state index in [-0.39, 0.29) is 36.2 Å². The topological polar surface area (TPSA) is 54.5 Å². The van der Waals surface area contributed by atoms with Crippen LogP contribution < -0.4 is 0 Å². The quantitative estimate of drug-likeness (QED) is 0.786. The predicted molar refractivity (Wildman–Crippen MR) is 72.1 cm³/mol. The van der Waals surface area contributed by atoms with E-state index in [1.165, 1.54) is 0 Å². The highest BCUT2D eigenvalue weighted by Crippen LogP contribution is 2.36. The summed E-state index contributed by atoms with van der Waals surface area (Å²) in [4.78, 5) is 10.7. The second kappa shape index (κ2) is 5.69. The number of Topliss-reactive ketones (excluding diaryl/α,β-unsaturated/α-hetero) is 1. The number of ketones is 1. The molecule has 0 atom stereocenters. The van der Waals surface area contributed by atoms with Gasteiger partial charge in [-0.15, -0.1) is 0 Å². The zero-order valence-electron chi connectivity index (χ0n) is 10.7. The second-order valence-corrected chi connectivity index (χ2v) is 7.37. The van der Waals surface area contributed by atoms with E-state index < -0.39 is 26.7 Å². The molecule has 0 aromatic heterocycles. The van der Waals surface area contributed by atoms with Crippen LogP contribution in [0, 0.1) is 0 Å². The second-order valence-electron chi connectivity index (χ2n) is 4.58. The number of halogens is 4. The normalized spacial score (nSPS) is 18.0. The van der Waals surface area contributed by atoms with E-state index in [9.17, 15) is 26.4 Å². The number of rotatable bonds is 2. The molecule has 1 aliphatic heterocycles. The lowest BCUT2D eigenvalue weighted by Gasteiger charge is -2.25. The van der Waals surface area contributed by atoms with Gasteiger partial charge in [0, 0.05) is 30.4 Å². The maximum atomic E-state index is 12.8. The van der Waals surface area contributed by atoms with E-state index >= 15 is 0 Å². The van der Waals surface area contributed by atoms with Crippen LogP contribution in [0.2, 0.25) is 0 Å². The first-order chi connectivity index (χ1) is 9.62. The Kier molecular flexibility index (Phi) is 4.46. The fourth-order valence-electron chi connectivity index (χ4n) is 2.01. The first-order valence-corrected chi connectivity index (χ1v) is 8.24. The number of carbonyl (C=O) groups is 1. The summed E-state index contributed by atoms with van der Waals surface area (Å²) in [6, 6.07) is 2.78. The molecule has 0 radical (unpaired) electrons. The lowest BCUT2D eigenvalue weighted by atomic mass is 10.1. The van der Waals surface area contributed by atoms with E-state index in [2.05, 4.69) is 15.9 Å². The molecule has 0 aliphatic carbocycles. The van der Waals surface area contributed by atoms with Gasteiger partial charge in [0.1, 0.15) is 5.78 Å². The van der Waals surface area contributed by atoms with E-state index in [0.717, 1.165) is 16.4 Å². The number of benzene rings is 1. The summed E-state index contributed by atoms with van der Waals surface area (Å²) in [5.74, 6) is -0.0479. The minimum Gasteiger partial charge on any atom is -0.300 e. The van der Waals surface area contributed by atoms with E-state index in [4.69, 9.17) is 0 Å². The summed E-state index contributed by atoms with van der Waals surface area (Å²) in [6.45, 7) is -0.00281. The number of sulfonamides is 1. The molecular formula is C12H11BrF3NO3S. The molecule has 9 heteroatoms. The van der Waals surface area contributed by atoms with Gasteiger partial charge in [-0.3, -0.25) is 4.79 Å². The lowest BCUT2D eigenvalue weighted by molar-refractivity contribution is -0.138. The van der Waals surface area contributed by atoms with E-state index in [1.807, 2.05) is 0 Å². The fourth-order valence-corrected chi connectivity index (χ4v) is 3.95. The SMILES string of the molecule is O=C1CCN(S(=O)(=O)c2ccc(Br)c(C(F)(F)F)c2)CC1. The maximum Gasteiger partial charge on any atom is 0.417 e. The van der Waals surface area contributed by atoms with Gasteiger partial charge in [-0.2, -0.15) is 17.5 Å². The highest BCUT2D eigenvalue weighted by atomic mass is 79.9. The van der Waals surface area contributed by atoms with Crippen molar-refractivity contribution >= 4 is 31.7 Å². The first-order valence-electron chi connectivity index (χ1n) is 6.01. The first kappa shape index (κ1) is 16.4. The van der Waals surface area contributed by atoms with Crippen molar-refractivity contribution < 1.29 is 26.4 Å². The monoisotopic (exact) mass is 385 g/mol. The van der Waals surface area contributed by atoms with E-state index in [0.29, 0.717) is 6.07 Å². The number of hydrogen-bond donors (Lipinski definition) is 0. The summed E-state index contributed by atoms with van der Waals surface area (Å²) < 4.78 is 63.9. The number of piperidine rings is 1. The molecule has 116 valence electrons. The third kappa shape index (κ3) is 3.46. The molecule has 0 unspecified atom stereocenters. The van der Waals surface area contributed by atoms with Gasteiger partial charge in [-0.25, -0.2) is 8.42 Å². The highest BCUT2D eigenvalue weighted by molar-refractivity contribution is 9.10. The molecule has 2 rings (SSSR count). The molecule has 1 heterocycles. The summed E-state index contributed by atoms with van der Waals surface area (Å²) in [5, 5.41) is 0. The van der Waals surface area contributed by atoms with Gasteiger partial charge in [0.15, 0.2) is 0 Å². The Morgan fingerprint density at radius 3 is 2.24 bits per heavy atom. The summed E-state index contributed by atoms with van der Waals surface area (Å²) in [6.07, 6.45) is -4.48. The van der Waals surface area contributed by atoms with Gasteiger partial charge in [-0.05, 0) is 18.2 Å². The van der Waals surface area contributed by atoms with Crippen LogP contribution in [0.3, 0.4) is 0 Å². The molecule has 4 nitrogen and oxygen atoms in total. The zero-order valence-corrected chi connectivity index (χ0v) is 13.1. The zero-order chi connectivity index (χ0) is 15.8.